The number of anilines is 1. The highest BCUT2D eigenvalue weighted by molar-refractivity contribution is 9.10. The molecule has 0 saturated carbocycles. The Hall–Kier alpha value is -3.17. The maximum absolute atomic E-state index is 14.1. The summed E-state index contributed by atoms with van der Waals surface area (Å²) in [5.74, 6) is -0.748. The van der Waals surface area contributed by atoms with Gasteiger partial charge in [-0.2, -0.15) is 0 Å². The summed E-state index contributed by atoms with van der Waals surface area (Å²) >= 11 is 3.49. The van der Waals surface area contributed by atoms with E-state index in [-0.39, 0.29) is 24.9 Å². The molecule has 0 aliphatic rings. The smallest absolute Gasteiger partial charge is 0.244 e. The van der Waals surface area contributed by atoms with Gasteiger partial charge >= 0.3 is 0 Å². The summed E-state index contributed by atoms with van der Waals surface area (Å²) in [4.78, 5) is 29.3. The van der Waals surface area contributed by atoms with Crippen LogP contribution in [0.1, 0.15) is 42.5 Å². The van der Waals surface area contributed by atoms with Crippen LogP contribution in [0.5, 0.6) is 0 Å². The van der Waals surface area contributed by atoms with Gasteiger partial charge in [-0.05, 0) is 73.7 Å². The topological polar surface area (TPSA) is 86.8 Å². The van der Waals surface area contributed by atoms with Crippen molar-refractivity contribution in [3.8, 4) is 0 Å². The molecule has 214 valence electrons. The number of benzene rings is 3. The number of rotatable bonds is 12. The fraction of sp³-hybridized carbons (Fsp3) is 0.355. The third kappa shape index (κ3) is 8.66. The number of aryl methyl sites for hydroxylation is 2. The second kappa shape index (κ2) is 13.9. The zero-order chi connectivity index (χ0) is 29.4. The van der Waals surface area contributed by atoms with Crippen LogP contribution >= 0.6 is 15.9 Å². The highest BCUT2D eigenvalue weighted by Gasteiger charge is 2.33. The van der Waals surface area contributed by atoms with E-state index in [0.29, 0.717) is 5.69 Å². The second-order valence-corrected chi connectivity index (χ2v) is 13.0. The number of nitrogens with zero attached hydrogens (tertiary/aromatic N) is 2. The molecule has 0 aliphatic heterocycles. The zero-order valence-corrected chi connectivity index (χ0v) is 26.1. The highest BCUT2D eigenvalue weighted by Crippen LogP contribution is 2.23. The van der Waals surface area contributed by atoms with Crippen molar-refractivity contribution in [3.63, 3.8) is 0 Å². The number of amides is 2. The van der Waals surface area contributed by atoms with Crippen molar-refractivity contribution in [2.24, 2.45) is 0 Å². The van der Waals surface area contributed by atoms with Crippen molar-refractivity contribution < 1.29 is 18.0 Å². The fourth-order valence-electron chi connectivity index (χ4n) is 4.32. The van der Waals surface area contributed by atoms with Crippen LogP contribution in [0.4, 0.5) is 5.69 Å². The predicted molar refractivity (Wildman–Crippen MR) is 165 cm³/mol. The van der Waals surface area contributed by atoms with Crippen molar-refractivity contribution in [2.45, 2.75) is 59.2 Å². The van der Waals surface area contributed by atoms with Crippen LogP contribution in [-0.4, -0.2) is 50.0 Å². The van der Waals surface area contributed by atoms with Crippen LogP contribution in [0.2, 0.25) is 0 Å². The van der Waals surface area contributed by atoms with E-state index in [4.69, 9.17) is 0 Å². The molecule has 3 aromatic carbocycles. The molecular formula is C31H38BrN3O4S. The average molecular weight is 629 g/mol. The van der Waals surface area contributed by atoms with Gasteiger partial charge in [0.25, 0.3) is 0 Å². The standard InChI is InChI=1S/C31H38BrN3O4S/c1-6-24(4)33-31(37)29(19-25-11-8-7-9-12-25)34(20-26-13-10-14-27(32)18-26)30(36)21-35(40(5,38)39)28-16-15-22(2)23(3)17-28/h7-18,24,29H,6,19-21H2,1-5H3,(H,33,37)/t24-,29+/m1/s1. The number of carbonyl (C=O) groups is 2. The maximum atomic E-state index is 14.1. The quantitative estimate of drug-likeness (QED) is 0.292. The summed E-state index contributed by atoms with van der Waals surface area (Å²) in [5, 5.41) is 3.04. The van der Waals surface area contributed by atoms with E-state index in [9.17, 15) is 18.0 Å². The summed E-state index contributed by atoms with van der Waals surface area (Å²) in [7, 11) is -3.81. The van der Waals surface area contributed by atoms with Gasteiger partial charge in [0.2, 0.25) is 21.8 Å². The molecule has 3 rings (SSSR count). The van der Waals surface area contributed by atoms with E-state index in [1.165, 1.54) is 4.90 Å². The number of sulfonamides is 1. The van der Waals surface area contributed by atoms with Crippen LogP contribution in [0.3, 0.4) is 0 Å². The van der Waals surface area contributed by atoms with Crippen molar-refractivity contribution in [1.29, 1.82) is 0 Å². The van der Waals surface area contributed by atoms with E-state index in [0.717, 1.165) is 43.7 Å². The number of hydrogen-bond acceptors (Lipinski definition) is 4. The van der Waals surface area contributed by atoms with Crippen LogP contribution in [0.25, 0.3) is 0 Å². The minimum absolute atomic E-state index is 0.0864. The lowest BCUT2D eigenvalue weighted by molar-refractivity contribution is -0.140. The molecule has 0 unspecified atom stereocenters. The first kappa shape index (κ1) is 31.4. The van der Waals surface area contributed by atoms with E-state index in [1.54, 1.807) is 12.1 Å². The molecule has 0 aliphatic carbocycles. The normalized spacial score (nSPS) is 12.8. The third-order valence-corrected chi connectivity index (χ3v) is 8.61. The van der Waals surface area contributed by atoms with Crippen LogP contribution in [-0.2, 0) is 32.6 Å². The molecule has 3 aromatic rings. The van der Waals surface area contributed by atoms with Crippen molar-refractivity contribution in [2.75, 3.05) is 17.1 Å². The van der Waals surface area contributed by atoms with Gasteiger partial charge in [-0.1, -0.05) is 71.4 Å². The Morgan fingerprint density at radius 1 is 0.925 bits per heavy atom. The molecule has 0 fully saturated rings. The fourth-order valence-corrected chi connectivity index (χ4v) is 5.61. The molecule has 0 radical (unpaired) electrons. The first-order chi connectivity index (χ1) is 18.9. The molecule has 2 atom stereocenters. The van der Waals surface area contributed by atoms with Crippen molar-refractivity contribution >= 4 is 43.5 Å². The Morgan fingerprint density at radius 2 is 1.60 bits per heavy atom. The Balaban J connectivity index is 2.07. The molecule has 1 N–H and O–H groups in total. The molecule has 2 amide bonds. The monoisotopic (exact) mass is 627 g/mol. The predicted octanol–water partition coefficient (Wildman–Crippen LogP) is 5.39. The second-order valence-electron chi connectivity index (χ2n) is 10.2. The van der Waals surface area contributed by atoms with Crippen molar-refractivity contribution in [1.82, 2.24) is 10.2 Å². The summed E-state index contributed by atoms with van der Waals surface area (Å²) < 4.78 is 27.8. The number of nitrogens with one attached hydrogen (secondary N) is 1. The molecule has 0 saturated heterocycles. The van der Waals surface area contributed by atoms with E-state index >= 15 is 0 Å². The first-order valence-corrected chi connectivity index (χ1v) is 16.0. The zero-order valence-electron chi connectivity index (χ0n) is 23.7. The van der Waals surface area contributed by atoms with Gasteiger partial charge in [0.1, 0.15) is 12.6 Å². The Morgan fingerprint density at radius 3 is 2.20 bits per heavy atom. The third-order valence-electron chi connectivity index (χ3n) is 6.97. The van der Waals surface area contributed by atoms with Gasteiger partial charge in [0.15, 0.2) is 0 Å². The first-order valence-electron chi connectivity index (χ1n) is 13.3. The number of carbonyl (C=O) groups excluding carboxylic acids is 2. The molecular weight excluding hydrogens is 590 g/mol. The van der Waals surface area contributed by atoms with E-state index in [2.05, 4.69) is 21.2 Å². The van der Waals surface area contributed by atoms with Gasteiger partial charge in [-0.15, -0.1) is 0 Å². The Labute approximate surface area is 246 Å². The summed E-state index contributed by atoms with van der Waals surface area (Å²) in [5.41, 5.74) is 4.05. The molecule has 0 heterocycles. The van der Waals surface area contributed by atoms with E-state index in [1.807, 2.05) is 88.4 Å². The lowest BCUT2D eigenvalue weighted by atomic mass is 10.0. The van der Waals surface area contributed by atoms with Gasteiger partial charge in [-0.3, -0.25) is 13.9 Å². The Bertz CT molecular complexity index is 1430. The molecule has 40 heavy (non-hydrogen) atoms. The van der Waals surface area contributed by atoms with Gasteiger partial charge < -0.3 is 10.2 Å². The summed E-state index contributed by atoms with van der Waals surface area (Å²) in [6, 6.07) is 21.4. The van der Waals surface area contributed by atoms with E-state index < -0.39 is 28.5 Å². The largest absolute Gasteiger partial charge is 0.352 e. The average Bonchev–Trinajstić information content (AvgIpc) is 2.90. The minimum atomic E-state index is -3.81. The number of hydrogen-bond donors (Lipinski definition) is 1. The minimum Gasteiger partial charge on any atom is -0.352 e. The van der Waals surface area contributed by atoms with Gasteiger partial charge in [0, 0.05) is 23.5 Å². The summed E-state index contributed by atoms with van der Waals surface area (Å²) in [6.07, 6.45) is 2.11. The summed E-state index contributed by atoms with van der Waals surface area (Å²) in [6.45, 7) is 7.44. The SMILES string of the molecule is CC[C@@H](C)NC(=O)[C@H](Cc1ccccc1)N(Cc1cccc(Br)c1)C(=O)CN(c1ccc(C)c(C)c1)S(C)(=O)=O. The molecule has 0 bridgehead atoms. The highest BCUT2D eigenvalue weighted by atomic mass is 79.9. The number of halogens is 1. The molecule has 7 nitrogen and oxygen atoms in total. The molecule has 0 spiro atoms. The molecule has 0 aromatic heterocycles. The van der Waals surface area contributed by atoms with Crippen LogP contribution < -0.4 is 9.62 Å². The maximum Gasteiger partial charge on any atom is 0.244 e. The van der Waals surface area contributed by atoms with Crippen LogP contribution in [0, 0.1) is 13.8 Å². The lowest BCUT2D eigenvalue weighted by Crippen LogP contribution is -2.54. The van der Waals surface area contributed by atoms with Gasteiger partial charge in [-0.25, -0.2) is 8.42 Å². The van der Waals surface area contributed by atoms with Gasteiger partial charge in [0.05, 0.1) is 11.9 Å². The Kier molecular flexibility index (Phi) is 10.9. The van der Waals surface area contributed by atoms with Crippen LogP contribution in [0.15, 0.2) is 77.3 Å². The van der Waals surface area contributed by atoms with Crippen molar-refractivity contribution in [3.05, 3.63) is 99.5 Å². The molecule has 9 heteroatoms. The lowest BCUT2D eigenvalue weighted by Gasteiger charge is -2.34.